The topological polar surface area (TPSA) is 66.5 Å². The van der Waals surface area contributed by atoms with Gasteiger partial charge in [0.2, 0.25) is 5.91 Å². The molecule has 0 heterocycles. The molecule has 0 saturated heterocycles. The lowest BCUT2D eigenvalue weighted by Gasteiger charge is -2.25. The van der Waals surface area contributed by atoms with Crippen LogP contribution in [0.25, 0.3) is 0 Å². The Morgan fingerprint density at radius 1 is 1.00 bits per heavy atom. The van der Waals surface area contributed by atoms with Crippen molar-refractivity contribution in [3.63, 3.8) is 0 Å². The molecule has 168 valence electrons. The van der Waals surface area contributed by atoms with E-state index in [2.05, 4.69) is 5.32 Å². The second-order valence-electron chi connectivity index (χ2n) is 7.29. The number of carbonyl (C=O) groups excluding carboxylic acids is 1. The number of sulfonamides is 1. The molecular formula is C23H21Cl2FN2O3S. The second kappa shape index (κ2) is 9.90. The van der Waals surface area contributed by atoms with E-state index in [-0.39, 0.29) is 26.4 Å². The van der Waals surface area contributed by atoms with Gasteiger partial charge in [0.1, 0.15) is 12.4 Å². The Bertz CT molecular complexity index is 1200. The molecule has 3 aromatic carbocycles. The first-order chi connectivity index (χ1) is 15.1. The van der Waals surface area contributed by atoms with E-state index in [4.69, 9.17) is 23.2 Å². The quantitative estimate of drug-likeness (QED) is 0.470. The SMILES string of the molecule is Cc1ccc(S(=O)(=O)N(CC(=O)N[C@@H](C)c2ccc(F)cc2)c2cc(Cl)cc(Cl)c2)cc1. The summed E-state index contributed by atoms with van der Waals surface area (Å²) in [7, 11) is -4.10. The molecule has 0 aliphatic rings. The number of anilines is 1. The van der Waals surface area contributed by atoms with E-state index >= 15 is 0 Å². The molecule has 1 atom stereocenters. The third-order valence-electron chi connectivity index (χ3n) is 4.78. The highest BCUT2D eigenvalue weighted by atomic mass is 35.5. The molecular weight excluding hydrogens is 474 g/mol. The van der Waals surface area contributed by atoms with Gasteiger partial charge in [-0.15, -0.1) is 0 Å². The van der Waals surface area contributed by atoms with Gasteiger partial charge in [-0.3, -0.25) is 9.10 Å². The van der Waals surface area contributed by atoms with Gasteiger partial charge in [-0.2, -0.15) is 0 Å². The highest BCUT2D eigenvalue weighted by molar-refractivity contribution is 7.92. The van der Waals surface area contributed by atoms with Crippen LogP contribution >= 0.6 is 23.2 Å². The van der Waals surface area contributed by atoms with Gasteiger partial charge in [-0.25, -0.2) is 12.8 Å². The summed E-state index contributed by atoms with van der Waals surface area (Å²) in [5, 5.41) is 3.21. The van der Waals surface area contributed by atoms with Gasteiger partial charge in [-0.05, 0) is 61.9 Å². The van der Waals surface area contributed by atoms with Gasteiger partial charge >= 0.3 is 0 Å². The largest absolute Gasteiger partial charge is 0.348 e. The Labute approximate surface area is 196 Å². The summed E-state index contributed by atoms with van der Waals surface area (Å²) < 4.78 is 41.0. The minimum atomic E-state index is -4.10. The number of amides is 1. The van der Waals surface area contributed by atoms with Crippen molar-refractivity contribution < 1.29 is 17.6 Å². The molecule has 0 aromatic heterocycles. The minimum absolute atomic E-state index is 0.0265. The van der Waals surface area contributed by atoms with E-state index in [9.17, 15) is 17.6 Å². The minimum Gasteiger partial charge on any atom is -0.348 e. The van der Waals surface area contributed by atoms with Crippen LogP contribution in [0.1, 0.15) is 24.1 Å². The number of benzene rings is 3. The molecule has 1 N–H and O–H groups in total. The normalized spacial score (nSPS) is 12.3. The molecule has 1 amide bonds. The summed E-state index contributed by atoms with van der Waals surface area (Å²) in [4.78, 5) is 12.8. The molecule has 0 fully saturated rings. The molecule has 0 spiro atoms. The number of aryl methyl sites for hydroxylation is 1. The molecule has 0 aliphatic heterocycles. The number of nitrogens with zero attached hydrogens (tertiary/aromatic N) is 1. The fourth-order valence-electron chi connectivity index (χ4n) is 3.09. The van der Waals surface area contributed by atoms with Crippen LogP contribution in [0.4, 0.5) is 10.1 Å². The van der Waals surface area contributed by atoms with Gasteiger partial charge in [-0.1, -0.05) is 53.0 Å². The number of hydrogen-bond donors (Lipinski definition) is 1. The Kier molecular flexibility index (Phi) is 7.44. The highest BCUT2D eigenvalue weighted by Gasteiger charge is 2.28. The molecule has 0 unspecified atom stereocenters. The third-order valence-corrected chi connectivity index (χ3v) is 7.00. The van der Waals surface area contributed by atoms with Crippen LogP contribution < -0.4 is 9.62 Å². The predicted molar refractivity (Wildman–Crippen MR) is 125 cm³/mol. The second-order valence-corrected chi connectivity index (χ2v) is 10.0. The van der Waals surface area contributed by atoms with Crippen molar-refractivity contribution in [1.29, 1.82) is 0 Å². The van der Waals surface area contributed by atoms with Crippen LogP contribution in [-0.4, -0.2) is 20.9 Å². The first-order valence-corrected chi connectivity index (χ1v) is 11.9. The fourth-order valence-corrected chi connectivity index (χ4v) is 5.01. The molecule has 0 radical (unpaired) electrons. The maximum Gasteiger partial charge on any atom is 0.264 e. The highest BCUT2D eigenvalue weighted by Crippen LogP contribution is 2.30. The molecule has 32 heavy (non-hydrogen) atoms. The third kappa shape index (κ3) is 5.79. The van der Waals surface area contributed by atoms with Crippen LogP contribution in [0.2, 0.25) is 10.0 Å². The van der Waals surface area contributed by atoms with Crippen molar-refractivity contribution in [2.75, 3.05) is 10.8 Å². The van der Waals surface area contributed by atoms with Crippen molar-refractivity contribution in [3.8, 4) is 0 Å². The zero-order chi connectivity index (χ0) is 23.5. The van der Waals surface area contributed by atoms with Gasteiger partial charge in [0.05, 0.1) is 16.6 Å². The van der Waals surface area contributed by atoms with E-state index < -0.39 is 28.5 Å². The van der Waals surface area contributed by atoms with E-state index in [1.54, 1.807) is 31.2 Å². The predicted octanol–water partition coefficient (Wildman–Crippen LogP) is 5.51. The van der Waals surface area contributed by atoms with Gasteiger partial charge in [0.15, 0.2) is 0 Å². The molecule has 9 heteroatoms. The van der Waals surface area contributed by atoms with E-state index in [0.717, 1.165) is 9.87 Å². The molecule has 3 aromatic rings. The lowest BCUT2D eigenvalue weighted by atomic mass is 10.1. The average Bonchev–Trinajstić information content (AvgIpc) is 2.72. The van der Waals surface area contributed by atoms with E-state index in [1.165, 1.54) is 42.5 Å². The Balaban J connectivity index is 1.92. The summed E-state index contributed by atoms with van der Waals surface area (Å²) in [6.07, 6.45) is 0. The first-order valence-electron chi connectivity index (χ1n) is 9.66. The summed E-state index contributed by atoms with van der Waals surface area (Å²) in [5.74, 6) is -0.936. The summed E-state index contributed by atoms with van der Waals surface area (Å²) in [5.41, 5.74) is 1.73. The monoisotopic (exact) mass is 494 g/mol. The zero-order valence-corrected chi connectivity index (χ0v) is 19.7. The molecule has 5 nitrogen and oxygen atoms in total. The van der Waals surface area contributed by atoms with Crippen LogP contribution in [0.5, 0.6) is 0 Å². The van der Waals surface area contributed by atoms with Crippen molar-refractivity contribution in [2.45, 2.75) is 24.8 Å². The van der Waals surface area contributed by atoms with Crippen molar-refractivity contribution in [2.24, 2.45) is 0 Å². The number of nitrogens with one attached hydrogen (secondary N) is 1. The van der Waals surface area contributed by atoms with Crippen LogP contribution in [0.15, 0.2) is 71.6 Å². The Morgan fingerprint density at radius 2 is 1.56 bits per heavy atom. The first kappa shape index (κ1) is 24.0. The lowest BCUT2D eigenvalue weighted by Crippen LogP contribution is -2.41. The smallest absolute Gasteiger partial charge is 0.264 e. The summed E-state index contributed by atoms with van der Waals surface area (Å²) in [6.45, 7) is 3.06. The van der Waals surface area contributed by atoms with Crippen molar-refractivity contribution in [1.82, 2.24) is 5.32 Å². The summed E-state index contributed by atoms with van der Waals surface area (Å²) in [6, 6.07) is 15.8. The lowest BCUT2D eigenvalue weighted by molar-refractivity contribution is -0.120. The molecule has 3 rings (SSSR count). The summed E-state index contributed by atoms with van der Waals surface area (Å²) >= 11 is 12.2. The van der Waals surface area contributed by atoms with Gasteiger partial charge in [0.25, 0.3) is 10.0 Å². The van der Waals surface area contributed by atoms with E-state index in [0.29, 0.717) is 5.56 Å². The molecule has 0 aliphatic carbocycles. The molecule has 0 bridgehead atoms. The van der Waals surface area contributed by atoms with Crippen LogP contribution in [0, 0.1) is 12.7 Å². The number of carbonyl (C=O) groups is 1. The maximum atomic E-state index is 13.4. The Hall–Kier alpha value is -2.61. The molecule has 0 saturated carbocycles. The van der Waals surface area contributed by atoms with Crippen LogP contribution in [0.3, 0.4) is 0 Å². The fraction of sp³-hybridized carbons (Fsp3) is 0.174. The van der Waals surface area contributed by atoms with Crippen molar-refractivity contribution >= 4 is 44.8 Å². The number of halogens is 3. The van der Waals surface area contributed by atoms with Gasteiger partial charge < -0.3 is 5.32 Å². The van der Waals surface area contributed by atoms with Crippen LogP contribution in [-0.2, 0) is 14.8 Å². The number of rotatable bonds is 7. The average molecular weight is 495 g/mol. The Morgan fingerprint density at radius 3 is 2.12 bits per heavy atom. The standard InChI is InChI=1S/C23H21Cl2FN2O3S/c1-15-3-9-22(10-4-15)32(30,31)28(21-12-18(24)11-19(25)13-21)14-23(29)27-16(2)17-5-7-20(26)8-6-17/h3-13,16H,14H2,1-2H3,(H,27,29)/t16-/m0/s1. The van der Waals surface area contributed by atoms with E-state index in [1.807, 2.05) is 6.92 Å². The zero-order valence-electron chi connectivity index (χ0n) is 17.3. The number of hydrogen-bond acceptors (Lipinski definition) is 3. The van der Waals surface area contributed by atoms with Gasteiger partial charge in [0, 0.05) is 10.0 Å². The van der Waals surface area contributed by atoms with Crippen molar-refractivity contribution in [3.05, 3.63) is 93.7 Å². The maximum absolute atomic E-state index is 13.4.